The van der Waals surface area contributed by atoms with E-state index in [1.807, 2.05) is 0 Å². The second kappa shape index (κ2) is 10.2. The molecule has 2 aliphatic carbocycles. The smallest absolute Gasteiger partial charge is 0.0726 e. The molecule has 0 radical (unpaired) electrons. The van der Waals surface area contributed by atoms with E-state index in [0.29, 0.717) is 0 Å². The molecular weight excluding hydrogens is 627 g/mol. The van der Waals surface area contributed by atoms with E-state index in [-0.39, 0.29) is 0 Å². The van der Waals surface area contributed by atoms with Crippen molar-refractivity contribution in [3.05, 3.63) is 210 Å². The Labute approximate surface area is 302 Å². The van der Waals surface area contributed by atoms with Gasteiger partial charge in [0.15, 0.2) is 0 Å². The number of para-hydroxylation sites is 1. The first-order valence-electron chi connectivity index (χ1n) is 18.2. The Hall–Kier alpha value is -6.70. The predicted molar refractivity (Wildman–Crippen MR) is 219 cm³/mol. The van der Waals surface area contributed by atoms with Crippen LogP contribution in [-0.4, -0.2) is 0 Å². The molecule has 1 spiro atoms. The molecule has 1 heteroatoms. The van der Waals surface area contributed by atoms with Gasteiger partial charge in [0.25, 0.3) is 0 Å². The topological polar surface area (TPSA) is 3.24 Å². The molecule has 10 aromatic rings. The Morgan fingerprint density at radius 1 is 0.308 bits per heavy atom. The van der Waals surface area contributed by atoms with Crippen LogP contribution in [0, 0.1) is 0 Å². The van der Waals surface area contributed by atoms with E-state index >= 15 is 0 Å². The zero-order valence-corrected chi connectivity index (χ0v) is 28.3. The fourth-order valence-electron chi connectivity index (χ4n) is 9.97. The molecule has 0 saturated heterocycles. The highest BCUT2D eigenvalue weighted by Crippen LogP contribution is 2.64. The highest BCUT2D eigenvalue weighted by molar-refractivity contribution is 6.36. The Bertz CT molecular complexity index is 3070. The van der Waals surface area contributed by atoms with Crippen molar-refractivity contribution in [2.24, 2.45) is 0 Å². The molecule has 10 aromatic carbocycles. The predicted octanol–water partition coefficient (Wildman–Crippen LogP) is 13.6. The van der Waals surface area contributed by atoms with Crippen LogP contribution in [0.1, 0.15) is 22.3 Å². The SMILES string of the molecule is c1ccc(-c2cccc(N(c3ccccc3)c3ccc4c(c3)-c3ccccc3C43c4cccc5c6cccc7ccc8ccc3c(c45)c8c76)c2)cc1. The van der Waals surface area contributed by atoms with Gasteiger partial charge in [0.1, 0.15) is 0 Å². The third kappa shape index (κ3) is 3.48. The van der Waals surface area contributed by atoms with Crippen LogP contribution in [0.5, 0.6) is 0 Å². The van der Waals surface area contributed by atoms with Crippen LogP contribution in [0.15, 0.2) is 188 Å². The molecule has 0 aliphatic heterocycles. The molecule has 0 saturated carbocycles. The number of hydrogen-bond donors (Lipinski definition) is 0. The van der Waals surface area contributed by atoms with Gasteiger partial charge in [-0.3, -0.25) is 0 Å². The van der Waals surface area contributed by atoms with E-state index in [4.69, 9.17) is 0 Å². The highest BCUT2D eigenvalue weighted by atomic mass is 15.1. The second-order valence-electron chi connectivity index (χ2n) is 14.4. The van der Waals surface area contributed by atoms with E-state index in [1.165, 1.54) is 87.6 Å². The maximum absolute atomic E-state index is 2.44. The van der Waals surface area contributed by atoms with Crippen molar-refractivity contribution in [2.45, 2.75) is 5.41 Å². The van der Waals surface area contributed by atoms with Crippen molar-refractivity contribution in [3.63, 3.8) is 0 Å². The molecule has 0 amide bonds. The van der Waals surface area contributed by atoms with Crippen LogP contribution < -0.4 is 4.90 Å². The van der Waals surface area contributed by atoms with Gasteiger partial charge in [-0.05, 0) is 124 Å². The van der Waals surface area contributed by atoms with Gasteiger partial charge in [0, 0.05) is 17.1 Å². The Kier molecular flexibility index (Phi) is 5.49. The summed E-state index contributed by atoms with van der Waals surface area (Å²) in [4.78, 5) is 2.41. The molecular formula is C51H31N. The first-order chi connectivity index (χ1) is 25.8. The van der Waals surface area contributed by atoms with Crippen LogP contribution in [-0.2, 0) is 5.41 Å². The number of nitrogens with zero attached hydrogens (tertiary/aromatic N) is 1. The van der Waals surface area contributed by atoms with Crippen molar-refractivity contribution in [3.8, 4) is 22.3 Å². The normalized spacial score (nSPS) is 15.4. The molecule has 2 aliphatic rings. The van der Waals surface area contributed by atoms with Crippen LogP contribution in [0.3, 0.4) is 0 Å². The van der Waals surface area contributed by atoms with Crippen LogP contribution in [0.2, 0.25) is 0 Å². The van der Waals surface area contributed by atoms with Gasteiger partial charge in [0.05, 0.1) is 5.41 Å². The lowest BCUT2D eigenvalue weighted by Gasteiger charge is -2.31. The van der Waals surface area contributed by atoms with Crippen molar-refractivity contribution < 1.29 is 0 Å². The summed E-state index contributed by atoms with van der Waals surface area (Å²) in [5.41, 5.74) is 13.6. The summed E-state index contributed by atoms with van der Waals surface area (Å²) >= 11 is 0. The molecule has 1 nitrogen and oxygen atoms in total. The molecule has 1 atom stereocenters. The first-order valence-corrected chi connectivity index (χ1v) is 18.2. The summed E-state index contributed by atoms with van der Waals surface area (Å²) in [5.74, 6) is 0. The van der Waals surface area contributed by atoms with Gasteiger partial charge in [0.2, 0.25) is 0 Å². The van der Waals surface area contributed by atoms with Crippen molar-refractivity contribution in [1.82, 2.24) is 0 Å². The average Bonchev–Trinajstić information content (AvgIpc) is 3.68. The Morgan fingerprint density at radius 3 is 1.75 bits per heavy atom. The number of anilines is 3. The molecule has 52 heavy (non-hydrogen) atoms. The van der Waals surface area contributed by atoms with Crippen molar-refractivity contribution in [1.29, 1.82) is 0 Å². The standard InChI is InChI=1S/C51H31N/c1-3-12-32(13-4-1)35-15-9-18-37(30-35)52(36-16-5-2-6-17-36)38-27-29-44-42(31-38)39-19-7-8-22-43(39)51(44)45-23-11-21-41-40-20-10-14-33-24-25-34-26-28-46(51)50(49(41)45)48(34)47(33)40/h1-31H. The van der Waals surface area contributed by atoms with Crippen LogP contribution in [0.4, 0.5) is 17.1 Å². The molecule has 1 unspecified atom stereocenters. The third-order valence-electron chi connectivity index (χ3n) is 12.0. The fraction of sp³-hybridized carbons (Fsp3) is 0.0196. The molecule has 0 N–H and O–H groups in total. The van der Waals surface area contributed by atoms with Gasteiger partial charge < -0.3 is 4.90 Å². The summed E-state index contributed by atoms with van der Waals surface area (Å²) < 4.78 is 0. The quantitative estimate of drug-likeness (QED) is 0.134. The van der Waals surface area contributed by atoms with Gasteiger partial charge in [-0.1, -0.05) is 152 Å². The maximum atomic E-state index is 2.44. The van der Waals surface area contributed by atoms with E-state index in [9.17, 15) is 0 Å². The fourth-order valence-corrected chi connectivity index (χ4v) is 9.97. The molecule has 0 heterocycles. The Morgan fingerprint density at radius 2 is 0.885 bits per heavy atom. The molecule has 12 rings (SSSR count). The summed E-state index contributed by atoms with van der Waals surface area (Å²) in [6.07, 6.45) is 0. The number of rotatable bonds is 4. The third-order valence-corrected chi connectivity index (χ3v) is 12.0. The number of fused-ring (bicyclic) bond motifs is 8. The van der Waals surface area contributed by atoms with Crippen LogP contribution >= 0.6 is 0 Å². The molecule has 0 aromatic heterocycles. The summed E-state index contributed by atoms with van der Waals surface area (Å²) in [7, 11) is 0. The van der Waals surface area contributed by atoms with Crippen molar-refractivity contribution >= 4 is 60.2 Å². The first kappa shape index (κ1) is 28.0. The molecule has 0 bridgehead atoms. The monoisotopic (exact) mass is 657 g/mol. The summed E-state index contributed by atoms with van der Waals surface area (Å²) in [6, 6.07) is 70.0. The van der Waals surface area contributed by atoms with Crippen molar-refractivity contribution in [2.75, 3.05) is 4.90 Å². The minimum Gasteiger partial charge on any atom is -0.310 e. The lowest BCUT2D eigenvalue weighted by molar-refractivity contribution is 0.797. The molecule has 240 valence electrons. The second-order valence-corrected chi connectivity index (χ2v) is 14.4. The van der Waals surface area contributed by atoms with Gasteiger partial charge in [-0.25, -0.2) is 0 Å². The van der Waals surface area contributed by atoms with Gasteiger partial charge >= 0.3 is 0 Å². The zero-order chi connectivity index (χ0) is 34.0. The van der Waals surface area contributed by atoms with E-state index in [1.54, 1.807) is 0 Å². The lowest BCUT2D eigenvalue weighted by atomic mass is 9.70. The highest BCUT2D eigenvalue weighted by Gasteiger charge is 2.51. The molecule has 0 fully saturated rings. The summed E-state index contributed by atoms with van der Waals surface area (Å²) in [6.45, 7) is 0. The largest absolute Gasteiger partial charge is 0.310 e. The minimum absolute atomic E-state index is 0.408. The zero-order valence-electron chi connectivity index (χ0n) is 28.3. The van der Waals surface area contributed by atoms with E-state index in [2.05, 4.69) is 193 Å². The van der Waals surface area contributed by atoms with Crippen LogP contribution in [0.25, 0.3) is 65.3 Å². The van der Waals surface area contributed by atoms with Gasteiger partial charge in [-0.15, -0.1) is 0 Å². The average molecular weight is 658 g/mol. The summed E-state index contributed by atoms with van der Waals surface area (Å²) in [5, 5.41) is 10.9. The van der Waals surface area contributed by atoms with Gasteiger partial charge in [-0.2, -0.15) is 0 Å². The lowest BCUT2D eigenvalue weighted by Crippen LogP contribution is -2.26. The number of hydrogen-bond acceptors (Lipinski definition) is 1. The van der Waals surface area contributed by atoms with E-state index in [0.717, 1.165) is 17.1 Å². The Balaban J connectivity index is 1.14. The maximum Gasteiger partial charge on any atom is 0.0726 e. The number of benzene rings is 10. The van der Waals surface area contributed by atoms with E-state index < -0.39 is 5.41 Å². The minimum atomic E-state index is -0.408.